The molecule has 0 bridgehead atoms. The van der Waals surface area contributed by atoms with Crippen LogP contribution < -0.4 is 20.0 Å². The molecule has 0 aliphatic carbocycles. The second-order valence-corrected chi connectivity index (χ2v) is 9.06. The predicted octanol–water partition coefficient (Wildman–Crippen LogP) is 0.722. The number of nitrogens with zero attached hydrogens (tertiary/aromatic N) is 7. The highest BCUT2D eigenvalue weighted by atomic mass is 19.1. The molecule has 3 aliphatic rings. The Hall–Kier alpha value is -4.04. The van der Waals surface area contributed by atoms with E-state index in [-0.39, 0.29) is 38.0 Å². The first-order chi connectivity index (χ1) is 17.7. The van der Waals surface area contributed by atoms with Gasteiger partial charge in [0.25, 0.3) is 0 Å². The van der Waals surface area contributed by atoms with E-state index in [0.29, 0.717) is 24.5 Å². The lowest BCUT2D eigenvalue weighted by Crippen LogP contribution is -2.54. The summed E-state index contributed by atoms with van der Waals surface area (Å²) in [5, 5.41) is 16.8. The maximum atomic E-state index is 15.3. The van der Waals surface area contributed by atoms with Gasteiger partial charge in [-0.25, -0.2) is 28.8 Å². The molecule has 3 fully saturated rings. The number of carbonyl (C=O) groups is 3. The van der Waals surface area contributed by atoms with E-state index in [1.165, 1.54) is 47.2 Å². The van der Waals surface area contributed by atoms with Gasteiger partial charge >= 0.3 is 12.1 Å². The maximum Gasteiger partial charge on any atom is 0.414 e. The second kappa shape index (κ2) is 9.44. The fraction of sp³-hybridized carbons (Fsp3) is 0.435. The highest BCUT2D eigenvalue weighted by molar-refractivity contribution is 5.93. The summed E-state index contributed by atoms with van der Waals surface area (Å²) in [4.78, 5) is 49.0. The van der Waals surface area contributed by atoms with Crippen molar-refractivity contribution in [2.24, 2.45) is 0 Å². The van der Waals surface area contributed by atoms with Gasteiger partial charge in [-0.3, -0.25) is 14.7 Å². The normalized spacial score (nSPS) is 24.3. The lowest BCUT2D eigenvalue weighted by Gasteiger charge is -2.34. The van der Waals surface area contributed by atoms with Crippen molar-refractivity contribution in [2.45, 2.75) is 25.8 Å². The number of hydrogen-bond donors (Lipinski definition) is 2. The average Bonchev–Trinajstić information content (AvgIpc) is 3.19. The first-order valence-electron chi connectivity index (χ1n) is 11.8. The van der Waals surface area contributed by atoms with Crippen LogP contribution in [0.3, 0.4) is 0 Å². The summed E-state index contributed by atoms with van der Waals surface area (Å²) in [6.45, 7) is 4.28. The Bertz CT molecular complexity index is 1210. The Morgan fingerprint density at radius 1 is 1.22 bits per heavy atom. The van der Waals surface area contributed by atoms with Gasteiger partial charge in [0.1, 0.15) is 11.9 Å². The molecule has 1 unspecified atom stereocenters. The first kappa shape index (κ1) is 24.6. The van der Waals surface area contributed by atoms with Crippen LogP contribution >= 0.6 is 0 Å². The monoisotopic (exact) mass is 514 g/mol. The fourth-order valence-electron chi connectivity index (χ4n) is 4.77. The molecule has 1 aromatic heterocycles. The molecule has 2 aromatic rings. The highest BCUT2D eigenvalue weighted by Crippen LogP contribution is 2.34. The summed E-state index contributed by atoms with van der Waals surface area (Å²) >= 11 is 0. The molecule has 0 saturated carbocycles. The van der Waals surface area contributed by atoms with Crippen LogP contribution in [-0.2, 0) is 9.53 Å². The van der Waals surface area contributed by atoms with E-state index in [2.05, 4.69) is 15.3 Å². The Labute approximate surface area is 212 Å². The zero-order valence-corrected chi connectivity index (χ0v) is 20.4. The van der Waals surface area contributed by atoms with E-state index >= 15 is 4.39 Å². The van der Waals surface area contributed by atoms with Crippen LogP contribution in [0.15, 0.2) is 36.7 Å². The summed E-state index contributed by atoms with van der Waals surface area (Å²) in [5.41, 5.74) is 0.649. The van der Waals surface area contributed by atoms with Crippen LogP contribution in [0.1, 0.15) is 13.8 Å². The van der Waals surface area contributed by atoms with Crippen molar-refractivity contribution in [1.29, 1.82) is 0 Å². The van der Waals surface area contributed by atoms with Crippen LogP contribution in [0.4, 0.5) is 31.3 Å². The van der Waals surface area contributed by atoms with Crippen molar-refractivity contribution in [3.05, 3.63) is 42.5 Å². The fourth-order valence-corrected chi connectivity index (χ4v) is 4.77. The Balaban J connectivity index is 1.29. The van der Waals surface area contributed by atoms with Gasteiger partial charge in [0, 0.05) is 45.9 Å². The molecule has 0 radical (unpaired) electrons. The highest BCUT2D eigenvalue weighted by Gasteiger charge is 2.54. The van der Waals surface area contributed by atoms with E-state index in [0.717, 1.165) is 4.90 Å². The Morgan fingerprint density at radius 2 is 1.95 bits per heavy atom. The number of carbonyl (C=O) groups excluding carboxylic acids is 3. The third kappa shape index (κ3) is 4.49. The van der Waals surface area contributed by atoms with E-state index < -0.39 is 29.9 Å². The zero-order valence-electron chi connectivity index (χ0n) is 20.4. The van der Waals surface area contributed by atoms with Crippen molar-refractivity contribution in [1.82, 2.24) is 25.3 Å². The number of aliphatic hydroxyl groups is 1. The molecule has 0 spiro atoms. The van der Waals surface area contributed by atoms with Gasteiger partial charge in [0.15, 0.2) is 0 Å². The van der Waals surface area contributed by atoms with Crippen LogP contribution in [0, 0.1) is 5.82 Å². The minimum Gasteiger partial charge on any atom is -0.442 e. The molecular weight excluding hydrogens is 487 g/mol. The molecule has 1 aromatic carbocycles. The molecule has 3 saturated heterocycles. The summed E-state index contributed by atoms with van der Waals surface area (Å²) in [6.07, 6.45) is 1.84. The molecule has 4 heterocycles. The number of benzene rings is 1. The first-order valence-corrected chi connectivity index (χ1v) is 11.8. The van der Waals surface area contributed by atoms with Crippen molar-refractivity contribution in [2.75, 3.05) is 54.0 Å². The molecule has 2 N–H and O–H groups in total. The number of amides is 4. The maximum absolute atomic E-state index is 15.3. The quantitative estimate of drug-likeness (QED) is 0.592. The number of rotatable bonds is 5. The summed E-state index contributed by atoms with van der Waals surface area (Å²) in [7, 11) is 0. The summed E-state index contributed by atoms with van der Waals surface area (Å²) in [5.74, 6) is -2.39. The van der Waals surface area contributed by atoms with Crippen molar-refractivity contribution in [3.8, 4) is 0 Å². The number of hydrazine groups is 1. The van der Waals surface area contributed by atoms with Gasteiger partial charge in [0.05, 0.1) is 31.0 Å². The standard InChI is InChI=1S/C23H27FN8O5/c1-15(33)27-13-17-14-29(22(35)37-17)16-4-5-19(18(24)12-16)28-8-10-30-21(34)32(20-25-6-3-7-26-20)23(2,36)31(30)11-9-28/h3-7,12,17,36H,8-11,13-14H2,1-2H3,(H,27,33)/t17-,23?/m0/s1. The average molecular weight is 515 g/mol. The minimum atomic E-state index is -1.71. The lowest BCUT2D eigenvalue weighted by molar-refractivity contribution is -0.138. The number of cyclic esters (lactones) is 1. The van der Waals surface area contributed by atoms with E-state index in [1.54, 1.807) is 23.1 Å². The molecule has 2 atom stereocenters. The van der Waals surface area contributed by atoms with Gasteiger partial charge in [-0.15, -0.1) is 0 Å². The molecule has 4 amide bonds. The zero-order chi connectivity index (χ0) is 26.3. The van der Waals surface area contributed by atoms with E-state index in [4.69, 9.17) is 4.74 Å². The van der Waals surface area contributed by atoms with Gasteiger partial charge in [0.2, 0.25) is 17.7 Å². The summed E-state index contributed by atoms with van der Waals surface area (Å²) < 4.78 is 20.5. The molecule has 37 heavy (non-hydrogen) atoms. The number of anilines is 3. The van der Waals surface area contributed by atoms with E-state index in [1.807, 2.05) is 0 Å². The van der Waals surface area contributed by atoms with Crippen molar-refractivity contribution < 1.29 is 28.6 Å². The molecule has 14 heteroatoms. The van der Waals surface area contributed by atoms with Crippen LogP contribution in [-0.4, -0.2) is 94.3 Å². The van der Waals surface area contributed by atoms with E-state index in [9.17, 15) is 19.5 Å². The number of hydrogen-bond acceptors (Lipinski definition) is 9. The van der Waals surface area contributed by atoms with Crippen molar-refractivity contribution >= 4 is 35.4 Å². The molecular formula is C23H27FN8O5. The largest absolute Gasteiger partial charge is 0.442 e. The smallest absolute Gasteiger partial charge is 0.414 e. The van der Waals surface area contributed by atoms with Gasteiger partial charge in [-0.05, 0) is 24.3 Å². The second-order valence-electron chi connectivity index (χ2n) is 9.06. The third-order valence-electron chi connectivity index (χ3n) is 6.57. The van der Waals surface area contributed by atoms with Crippen LogP contribution in [0.2, 0.25) is 0 Å². The number of ether oxygens (including phenoxy) is 1. The Kier molecular flexibility index (Phi) is 6.29. The third-order valence-corrected chi connectivity index (χ3v) is 6.57. The van der Waals surface area contributed by atoms with Gasteiger partial charge in [-0.2, -0.15) is 5.01 Å². The molecule has 13 nitrogen and oxygen atoms in total. The minimum absolute atomic E-state index is 0.0869. The number of aromatic nitrogens is 2. The summed E-state index contributed by atoms with van der Waals surface area (Å²) in [6, 6.07) is 5.61. The molecule has 196 valence electrons. The topological polar surface area (TPSA) is 135 Å². The SMILES string of the molecule is CC(=O)NC[C@H]1CN(c2ccc(N3CCN4C(=O)N(c5ncccn5)C(C)(O)N4CC3)c(F)c2)C(=O)O1. The van der Waals surface area contributed by atoms with Crippen LogP contribution in [0.5, 0.6) is 0 Å². The van der Waals surface area contributed by atoms with Gasteiger partial charge in [-0.1, -0.05) is 0 Å². The molecule has 3 aliphatic heterocycles. The Morgan fingerprint density at radius 3 is 2.65 bits per heavy atom. The predicted molar refractivity (Wildman–Crippen MR) is 129 cm³/mol. The number of fused-ring (bicyclic) bond motifs is 1. The molecule has 5 rings (SSSR count). The lowest BCUT2D eigenvalue weighted by atomic mass is 10.2. The van der Waals surface area contributed by atoms with Crippen molar-refractivity contribution in [3.63, 3.8) is 0 Å². The number of halogens is 1. The number of nitrogens with one attached hydrogen (secondary N) is 1. The number of urea groups is 1. The van der Waals surface area contributed by atoms with Crippen LogP contribution in [0.25, 0.3) is 0 Å². The van der Waals surface area contributed by atoms with Gasteiger partial charge < -0.3 is 20.1 Å².